The molecular weight excluding hydrogens is 490 g/mol. The summed E-state index contributed by atoms with van der Waals surface area (Å²) in [5, 5.41) is 0. The van der Waals surface area contributed by atoms with Crippen LogP contribution in [0.5, 0.6) is 5.75 Å². The third-order valence-corrected chi connectivity index (χ3v) is 6.33. The molecule has 1 aliphatic heterocycles. The molecule has 2 aromatic rings. The number of hydrazine groups is 1. The molecule has 0 atom stereocenters. The quantitative estimate of drug-likeness (QED) is 0.240. The van der Waals surface area contributed by atoms with Gasteiger partial charge in [-0.3, -0.25) is 30.1 Å². The first-order valence-corrected chi connectivity index (χ1v) is 11.7. The molecule has 182 valence electrons. The molecule has 1 heterocycles. The molecule has 2 aromatic carbocycles. The van der Waals surface area contributed by atoms with E-state index in [2.05, 4.69) is 15.6 Å². The molecule has 1 fully saturated rings. The van der Waals surface area contributed by atoms with Crippen LogP contribution in [-0.4, -0.2) is 53.7 Å². The summed E-state index contributed by atoms with van der Waals surface area (Å²) in [4.78, 5) is 50.6. The average Bonchev–Trinajstić information content (AvgIpc) is 3.14. The number of methoxy groups -OCH3 is 2. The second-order valence-electron chi connectivity index (χ2n) is 7.25. The van der Waals surface area contributed by atoms with Crippen molar-refractivity contribution in [2.24, 2.45) is 0 Å². The van der Waals surface area contributed by atoms with Gasteiger partial charge in [-0.05, 0) is 42.3 Å². The van der Waals surface area contributed by atoms with Gasteiger partial charge in [0.05, 0.1) is 30.3 Å². The highest BCUT2D eigenvalue weighted by atomic mass is 32.2. The first-order chi connectivity index (χ1) is 16.8. The summed E-state index contributed by atoms with van der Waals surface area (Å²) < 4.78 is 10.2. The fourth-order valence-electron chi connectivity index (χ4n) is 3.16. The third-order valence-electron chi connectivity index (χ3n) is 4.96. The number of rotatable bonds is 8. The van der Waals surface area contributed by atoms with E-state index < -0.39 is 17.8 Å². The lowest BCUT2D eigenvalue weighted by molar-refractivity contribution is -0.124. The molecule has 11 heteroatoms. The van der Waals surface area contributed by atoms with Crippen LogP contribution in [0.2, 0.25) is 0 Å². The van der Waals surface area contributed by atoms with Gasteiger partial charge in [-0.2, -0.15) is 0 Å². The van der Waals surface area contributed by atoms with Gasteiger partial charge in [0.2, 0.25) is 5.91 Å². The molecule has 1 aliphatic rings. The standard InChI is InChI=1S/C24H23N3O6S2/c1-32-18-7-4-3-6-17(18)21(29)26-25-20(28)8-5-13-27-22(30)19(35-24(27)34)14-15-9-11-16(12-10-15)23(31)33-2/h3-4,6-7,9-12,14H,5,8,13H2,1-2H3,(H,25,28)(H,26,29)/b19-14-. The van der Waals surface area contributed by atoms with Crippen molar-refractivity contribution in [1.29, 1.82) is 0 Å². The number of carbonyl (C=O) groups is 4. The highest BCUT2D eigenvalue weighted by Gasteiger charge is 2.31. The molecule has 0 saturated carbocycles. The summed E-state index contributed by atoms with van der Waals surface area (Å²) in [6.07, 6.45) is 2.13. The van der Waals surface area contributed by atoms with E-state index in [1.54, 1.807) is 54.6 Å². The average molecular weight is 514 g/mol. The Bertz CT molecular complexity index is 1180. The number of hydrogen-bond acceptors (Lipinski definition) is 8. The maximum atomic E-state index is 12.8. The number of benzene rings is 2. The zero-order chi connectivity index (χ0) is 25.4. The van der Waals surface area contributed by atoms with Crippen LogP contribution in [0.3, 0.4) is 0 Å². The van der Waals surface area contributed by atoms with Crippen LogP contribution in [0, 0.1) is 0 Å². The number of para-hydroxylation sites is 1. The predicted octanol–water partition coefficient (Wildman–Crippen LogP) is 2.92. The van der Waals surface area contributed by atoms with Crippen LogP contribution in [0.4, 0.5) is 0 Å². The summed E-state index contributed by atoms with van der Waals surface area (Å²) in [7, 11) is 2.76. The molecule has 9 nitrogen and oxygen atoms in total. The van der Waals surface area contributed by atoms with Crippen molar-refractivity contribution in [2.75, 3.05) is 20.8 Å². The van der Waals surface area contributed by atoms with Gasteiger partial charge in [-0.1, -0.05) is 48.2 Å². The second kappa shape index (κ2) is 12.1. The highest BCUT2D eigenvalue weighted by Crippen LogP contribution is 2.32. The molecule has 0 unspecified atom stereocenters. The molecule has 1 saturated heterocycles. The highest BCUT2D eigenvalue weighted by molar-refractivity contribution is 8.26. The first kappa shape index (κ1) is 25.9. The maximum Gasteiger partial charge on any atom is 0.337 e. The number of nitrogens with one attached hydrogen (secondary N) is 2. The van der Waals surface area contributed by atoms with Crippen molar-refractivity contribution in [3.8, 4) is 5.75 Å². The number of ether oxygens (including phenoxy) is 2. The number of amides is 3. The largest absolute Gasteiger partial charge is 0.496 e. The lowest BCUT2D eigenvalue weighted by Gasteiger charge is -2.14. The zero-order valence-electron chi connectivity index (χ0n) is 19.0. The fraction of sp³-hybridized carbons (Fsp3) is 0.208. The first-order valence-electron chi connectivity index (χ1n) is 10.5. The van der Waals surface area contributed by atoms with Crippen molar-refractivity contribution in [2.45, 2.75) is 12.8 Å². The van der Waals surface area contributed by atoms with Gasteiger partial charge in [-0.15, -0.1) is 0 Å². The third kappa shape index (κ3) is 6.67. The zero-order valence-corrected chi connectivity index (χ0v) is 20.7. The van der Waals surface area contributed by atoms with Crippen molar-refractivity contribution in [1.82, 2.24) is 15.8 Å². The SMILES string of the molecule is COC(=O)c1ccc(/C=C2\SC(=S)N(CCCC(=O)NNC(=O)c3ccccc3OC)C2=O)cc1. The summed E-state index contributed by atoms with van der Waals surface area (Å²) in [6, 6.07) is 13.3. The lowest BCUT2D eigenvalue weighted by Crippen LogP contribution is -2.42. The van der Waals surface area contributed by atoms with E-state index in [1.807, 2.05) is 0 Å². The Labute approximate surface area is 211 Å². The normalized spacial score (nSPS) is 14.1. The predicted molar refractivity (Wildman–Crippen MR) is 135 cm³/mol. The molecule has 3 rings (SSSR count). The molecule has 0 bridgehead atoms. The Morgan fingerprint density at radius 3 is 2.46 bits per heavy atom. The van der Waals surface area contributed by atoms with Crippen molar-refractivity contribution < 1.29 is 28.7 Å². The van der Waals surface area contributed by atoms with Gasteiger partial charge >= 0.3 is 5.97 Å². The maximum absolute atomic E-state index is 12.8. The van der Waals surface area contributed by atoms with Crippen LogP contribution in [0.15, 0.2) is 53.4 Å². The summed E-state index contributed by atoms with van der Waals surface area (Å²) in [5.74, 6) is -1.20. The van der Waals surface area contributed by atoms with E-state index in [0.29, 0.717) is 32.5 Å². The van der Waals surface area contributed by atoms with Crippen LogP contribution in [0.1, 0.15) is 39.1 Å². The molecule has 0 spiro atoms. The van der Waals surface area contributed by atoms with Crippen molar-refractivity contribution in [3.63, 3.8) is 0 Å². The van der Waals surface area contributed by atoms with Gasteiger partial charge in [0.1, 0.15) is 10.1 Å². The number of thiocarbonyl (C=S) groups is 1. The summed E-state index contributed by atoms with van der Waals surface area (Å²) >= 11 is 6.49. The Balaban J connectivity index is 1.48. The number of esters is 1. The van der Waals surface area contributed by atoms with E-state index in [-0.39, 0.29) is 18.9 Å². The van der Waals surface area contributed by atoms with Crippen LogP contribution in [0.25, 0.3) is 6.08 Å². The van der Waals surface area contributed by atoms with Crippen LogP contribution < -0.4 is 15.6 Å². The van der Waals surface area contributed by atoms with Crippen molar-refractivity contribution in [3.05, 3.63) is 70.1 Å². The number of thioether (sulfide) groups is 1. The molecule has 0 aromatic heterocycles. The van der Waals surface area contributed by atoms with Gasteiger partial charge in [0.15, 0.2) is 0 Å². The van der Waals surface area contributed by atoms with Crippen LogP contribution >= 0.6 is 24.0 Å². The topological polar surface area (TPSA) is 114 Å². The summed E-state index contributed by atoms with van der Waals surface area (Å²) in [5.41, 5.74) is 6.15. The monoisotopic (exact) mass is 513 g/mol. The minimum Gasteiger partial charge on any atom is -0.496 e. The fourth-order valence-corrected chi connectivity index (χ4v) is 4.47. The Kier molecular flexibility index (Phi) is 8.98. The minimum atomic E-state index is -0.502. The van der Waals surface area contributed by atoms with Gasteiger partial charge < -0.3 is 9.47 Å². The molecular formula is C24H23N3O6S2. The van der Waals surface area contributed by atoms with E-state index in [4.69, 9.17) is 17.0 Å². The Morgan fingerprint density at radius 2 is 1.77 bits per heavy atom. The van der Waals surface area contributed by atoms with E-state index >= 15 is 0 Å². The molecule has 0 aliphatic carbocycles. The van der Waals surface area contributed by atoms with E-state index in [0.717, 1.165) is 5.56 Å². The lowest BCUT2D eigenvalue weighted by atomic mass is 10.1. The number of hydrogen-bond donors (Lipinski definition) is 2. The van der Waals surface area contributed by atoms with Crippen LogP contribution in [-0.2, 0) is 14.3 Å². The Hall–Kier alpha value is -3.70. The number of carbonyl (C=O) groups excluding carboxylic acids is 4. The van der Waals surface area contributed by atoms with Gasteiger partial charge in [-0.25, -0.2) is 4.79 Å². The molecule has 3 amide bonds. The van der Waals surface area contributed by atoms with E-state index in [9.17, 15) is 19.2 Å². The molecule has 2 N–H and O–H groups in total. The second-order valence-corrected chi connectivity index (χ2v) is 8.93. The smallest absolute Gasteiger partial charge is 0.337 e. The number of nitrogens with zero attached hydrogens (tertiary/aromatic N) is 1. The molecule has 35 heavy (non-hydrogen) atoms. The van der Waals surface area contributed by atoms with E-state index in [1.165, 1.54) is 30.9 Å². The molecule has 0 radical (unpaired) electrons. The van der Waals surface area contributed by atoms with Gasteiger partial charge in [0, 0.05) is 13.0 Å². The summed E-state index contributed by atoms with van der Waals surface area (Å²) in [6.45, 7) is 0.261. The Morgan fingerprint density at radius 1 is 1.06 bits per heavy atom. The van der Waals surface area contributed by atoms with Crippen molar-refractivity contribution >= 4 is 58.1 Å². The van der Waals surface area contributed by atoms with Gasteiger partial charge in [0.25, 0.3) is 11.8 Å². The minimum absolute atomic E-state index is 0.0807.